The molecule has 0 aromatic carbocycles. The SMILES string of the molecule is NCCNC(=O)CCC(=O)N1CCN(C(=O)CCC(N)=O)CC1. The van der Waals surface area contributed by atoms with Crippen molar-refractivity contribution in [3.05, 3.63) is 0 Å². The van der Waals surface area contributed by atoms with Crippen LogP contribution in [0.1, 0.15) is 25.7 Å². The van der Waals surface area contributed by atoms with E-state index >= 15 is 0 Å². The third-order valence-electron chi connectivity index (χ3n) is 3.60. The van der Waals surface area contributed by atoms with E-state index in [-0.39, 0.29) is 43.4 Å². The zero-order valence-electron chi connectivity index (χ0n) is 13.3. The van der Waals surface area contributed by atoms with Crippen LogP contribution in [0.3, 0.4) is 0 Å². The lowest BCUT2D eigenvalue weighted by Gasteiger charge is -2.34. The molecule has 9 heteroatoms. The maximum Gasteiger partial charge on any atom is 0.223 e. The Morgan fingerprint density at radius 3 is 1.74 bits per heavy atom. The van der Waals surface area contributed by atoms with Crippen LogP contribution in [0, 0.1) is 0 Å². The predicted octanol–water partition coefficient (Wildman–Crippen LogP) is -2.22. The van der Waals surface area contributed by atoms with Crippen molar-refractivity contribution in [3.63, 3.8) is 0 Å². The van der Waals surface area contributed by atoms with Crippen molar-refractivity contribution in [1.29, 1.82) is 0 Å². The number of nitrogens with zero attached hydrogens (tertiary/aromatic N) is 2. The first-order valence-electron chi connectivity index (χ1n) is 7.74. The molecule has 1 aliphatic rings. The maximum atomic E-state index is 12.0. The highest BCUT2D eigenvalue weighted by atomic mass is 16.2. The van der Waals surface area contributed by atoms with Crippen LogP contribution >= 0.6 is 0 Å². The molecule has 0 aromatic rings. The lowest BCUT2D eigenvalue weighted by molar-refractivity contribution is -0.140. The Labute approximate surface area is 135 Å². The van der Waals surface area contributed by atoms with Crippen LogP contribution < -0.4 is 16.8 Å². The van der Waals surface area contributed by atoms with Crippen molar-refractivity contribution < 1.29 is 19.2 Å². The molecule has 0 atom stereocenters. The fraction of sp³-hybridized carbons (Fsp3) is 0.714. The van der Waals surface area contributed by atoms with Crippen LogP contribution in [0.25, 0.3) is 0 Å². The van der Waals surface area contributed by atoms with E-state index in [0.29, 0.717) is 39.3 Å². The van der Waals surface area contributed by atoms with Gasteiger partial charge in [0.15, 0.2) is 0 Å². The Balaban J connectivity index is 2.26. The highest BCUT2D eigenvalue weighted by Gasteiger charge is 2.24. The summed E-state index contributed by atoms with van der Waals surface area (Å²) in [6.07, 6.45) is 0.420. The Morgan fingerprint density at radius 1 is 0.826 bits per heavy atom. The zero-order chi connectivity index (χ0) is 17.2. The number of nitrogens with two attached hydrogens (primary N) is 2. The van der Waals surface area contributed by atoms with Gasteiger partial charge in [0.2, 0.25) is 23.6 Å². The standard InChI is InChI=1S/C14H25N5O4/c15-5-6-17-12(21)2-4-14(23)19-9-7-18(8-10-19)13(22)3-1-11(16)20/h1-10,15H2,(H2,16,20)(H,17,21). The average molecular weight is 327 g/mol. The summed E-state index contributed by atoms with van der Waals surface area (Å²) in [6.45, 7) is 2.51. The van der Waals surface area contributed by atoms with E-state index in [1.807, 2.05) is 0 Å². The topological polar surface area (TPSA) is 139 Å². The van der Waals surface area contributed by atoms with Gasteiger partial charge in [-0.05, 0) is 0 Å². The molecule has 1 rings (SSSR count). The van der Waals surface area contributed by atoms with Gasteiger partial charge in [-0.15, -0.1) is 0 Å². The zero-order valence-corrected chi connectivity index (χ0v) is 13.3. The number of amides is 4. The first-order chi connectivity index (χ1) is 10.9. The largest absolute Gasteiger partial charge is 0.370 e. The quantitative estimate of drug-likeness (QED) is 0.463. The van der Waals surface area contributed by atoms with Gasteiger partial charge in [-0.1, -0.05) is 0 Å². The molecule has 9 nitrogen and oxygen atoms in total. The summed E-state index contributed by atoms with van der Waals surface area (Å²) in [5.74, 6) is -0.918. The Morgan fingerprint density at radius 2 is 1.30 bits per heavy atom. The second kappa shape index (κ2) is 9.78. The van der Waals surface area contributed by atoms with Crippen LogP contribution in [0.4, 0.5) is 0 Å². The molecule has 130 valence electrons. The molecule has 5 N–H and O–H groups in total. The van der Waals surface area contributed by atoms with Gasteiger partial charge in [-0.3, -0.25) is 19.2 Å². The third-order valence-corrected chi connectivity index (χ3v) is 3.60. The summed E-state index contributed by atoms with van der Waals surface area (Å²) >= 11 is 0. The molecule has 1 saturated heterocycles. The van der Waals surface area contributed by atoms with E-state index < -0.39 is 5.91 Å². The molecule has 0 radical (unpaired) electrons. The van der Waals surface area contributed by atoms with Crippen molar-refractivity contribution in [1.82, 2.24) is 15.1 Å². The summed E-state index contributed by atoms with van der Waals surface area (Å²) in [7, 11) is 0. The van der Waals surface area contributed by atoms with Crippen molar-refractivity contribution in [3.8, 4) is 0 Å². The van der Waals surface area contributed by atoms with E-state index in [2.05, 4.69) is 5.32 Å². The lowest BCUT2D eigenvalue weighted by atomic mass is 10.2. The molecule has 0 unspecified atom stereocenters. The van der Waals surface area contributed by atoms with Crippen molar-refractivity contribution in [2.75, 3.05) is 39.3 Å². The number of primary amides is 1. The minimum Gasteiger partial charge on any atom is -0.370 e. The summed E-state index contributed by atoms with van der Waals surface area (Å²) in [5.41, 5.74) is 10.3. The number of carbonyl (C=O) groups excluding carboxylic acids is 4. The summed E-state index contributed by atoms with van der Waals surface area (Å²) in [6, 6.07) is 0. The first-order valence-corrected chi connectivity index (χ1v) is 7.74. The number of piperazine rings is 1. The number of hydrogen-bond acceptors (Lipinski definition) is 5. The van der Waals surface area contributed by atoms with E-state index in [4.69, 9.17) is 11.5 Å². The monoisotopic (exact) mass is 327 g/mol. The number of rotatable bonds is 8. The Bertz CT molecular complexity index is 446. The normalized spacial score (nSPS) is 14.5. The van der Waals surface area contributed by atoms with Crippen LogP contribution in [0.15, 0.2) is 0 Å². The second-order valence-corrected chi connectivity index (χ2v) is 5.37. The van der Waals surface area contributed by atoms with E-state index in [0.717, 1.165) is 0 Å². The van der Waals surface area contributed by atoms with Gasteiger partial charge in [-0.25, -0.2) is 0 Å². The van der Waals surface area contributed by atoms with Gasteiger partial charge in [0.05, 0.1) is 0 Å². The molecule has 0 aliphatic carbocycles. The van der Waals surface area contributed by atoms with Crippen LogP contribution in [-0.2, 0) is 19.2 Å². The molecule has 23 heavy (non-hydrogen) atoms. The molecule has 0 bridgehead atoms. The minimum absolute atomic E-state index is 0.0376. The molecule has 0 spiro atoms. The molecular weight excluding hydrogens is 302 g/mol. The summed E-state index contributed by atoms with van der Waals surface area (Å²) in [4.78, 5) is 49.3. The maximum absolute atomic E-state index is 12.0. The van der Waals surface area contributed by atoms with E-state index in [9.17, 15) is 19.2 Å². The lowest BCUT2D eigenvalue weighted by Crippen LogP contribution is -2.50. The van der Waals surface area contributed by atoms with Crippen LogP contribution in [-0.4, -0.2) is 72.7 Å². The molecule has 0 aromatic heterocycles. The van der Waals surface area contributed by atoms with Crippen molar-refractivity contribution in [2.24, 2.45) is 11.5 Å². The van der Waals surface area contributed by atoms with Crippen LogP contribution in [0.2, 0.25) is 0 Å². The predicted molar refractivity (Wildman–Crippen MR) is 82.9 cm³/mol. The molecule has 1 heterocycles. The fourth-order valence-corrected chi connectivity index (χ4v) is 2.27. The summed E-state index contributed by atoms with van der Waals surface area (Å²) in [5, 5.41) is 2.61. The van der Waals surface area contributed by atoms with Gasteiger partial charge in [0.1, 0.15) is 0 Å². The van der Waals surface area contributed by atoms with E-state index in [1.54, 1.807) is 9.80 Å². The van der Waals surface area contributed by atoms with Gasteiger partial charge in [0, 0.05) is 65.0 Å². The van der Waals surface area contributed by atoms with Gasteiger partial charge in [-0.2, -0.15) is 0 Å². The molecule has 1 fully saturated rings. The van der Waals surface area contributed by atoms with Gasteiger partial charge < -0.3 is 26.6 Å². The molecule has 1 aliphatic heterocycles. The van der Waals surface area contributed by atoms with Crippen molar-refractivity contribution >= 4 is 23.6 Å². The average Bonchev–Trinajstić information content (AvgIpc) is 2.55. The highest BCUT2D eigenvalue weighted by molar-refractivity contribution is 5.85. The number of nitrogens with one attached hydrogen (secondary N) is 1. The Kier molecular flexibility index (Phi) is 8.03. The highest BCUT2D eigenvalue weighted by Crippen LogP contribution is 2.07. The fourth-order valence-electron chi connectivity index (χ4n) is 2.27. The second-order valence-electron chi connectivity index (χ2n) is 5.37. The number of carbonyl (C=O) groups is 4. The molecular formula is C14H25N5O4. The third kappa shape index (κ3) is 7.09. The van der Waals surface area contributed by atoms with Gasteiger partial charge in [0.25, 0.3) is 0 Å². The first kappa shape index (κ1) is 18.9. The van der Waals surface area contributed by atoms with E-state index in [1.165, 1.54) is 0 Å². The number of hydrogen-bond donors (Lipinski definition) is 3. The van der Waals surface area contributed by atoms with Crippen molar-refractivity contribution in [2.45, 2.75) is 25.7 Å². The van der Waals surface area contributed by atoms with Crippen LogP contribution in [0.5, 0.6) is 0 Å². The minimum atomic E-state index is -0.500. The molecule has 4 amide bonds. The van der Waals surface area contributed by atoms with Gasteiger partial charge >= 0.3 is 0 Å². The smallest absolute Gasteiger partial charge is 0.223 e. The summed E-state index contributed by atoms with van der Waals surface area (Å²) < 4.78 is 0. The molecule has 0 saturated carbocycles. The Hall–Kier alpha value is -2.16.